The zero-order chi connectivity index (χ0) is 6.85. The van der Waals surface area contributed by atoms with Crippen molar-refractivity contribution < 1.29 is 0 Å². The number of nitrogens with zero attached hydrogens (tertiary/aromatic N) is 1. The first-order valence-electron chi connectivity index (χ1n) is 2.33. The monoisotopic (exact) mass is 160 g/mol. The molecule has 0 fully saturated rings. The minimum Gasteiger partial charge on any atom is -0.233 e. The van der Waals surface area contributed by atoms with Crippen molar-refractivity contribution in [2.45, 2.75) is 0 Å². The molecule has 1 nitrogen and oxygen atoms in total. The largest absolute Gasteiger partial charge is 0.233 e. The van der Waals surface area contributed by atoms with Crippen molar-refractivity contribution >= 4 is 23.2 Å². The molecule has 1 aromatic heterocycles. The lowest BCUT2D eigenvalue weighted by atomic mass is 10.3. The second-order valence-corrected chi connectivity index (χ2v) is 2.40. The summed E-state index contributed by atoms with van der Waals surface area (Å²) in [6, 6.07) is 0. The molecule has 0 aliphatic carbocycles. The number of hydrogen-bond acceptors (Lipinski definition) is 1. The number of halogens is 2. The van der Waals surface area contributed by atoms with Crippen LogP contribution in [0.2, 0.25) is 10.0 Å². The summed E-state index contributed by atoms with van der Waals surface area (Å²) in [4.78, 5) is 3.74. The van der Waals surface area contributed by atoms with E-state index in [4.69, 9.17) is 23.2 Å². The summed E-state index contributed by atoms with van der Waals surface area (Å²) in [6.45, 7) is 3.62. The topological polar surface area (TPSA) is 12.9 Å². The Morgan fingerprint density at radius 1 is 1.22 bits per heavy atom. The highest BCUT2D eigenvalue weighted by molar-refractivity contribution is 6.35. The molecule has 0 saturated heterocycles. The summed E-state index contributed by atoms with van der Waals surface area (Å²) < 4.78 is 0. The highest BCUT2D eigenvalue weighted by Crippen LogP contribution is 2.20. The Balaban J connectivity index is 3.25. The van der Waals surface area contributed by atoms with Crippen LogP contribution in [-0.2, 0) is 0 Å². The maximum Gasteiger partial charge on any atom is 0.173 e. The van der Waals surface area contributed by atoms with Gasteiger partial charge in [0.15, 0.2) is 15.6 Å². The molecule has 46 valence electrons. The SMILES string of the molecule is [CH2+]c1c(Cl)cncc1Cl. The van der Waals surface area contributed by atoms with Crippen molar-refractivity contribution in [2.24, 2.45) is 0 Å². The van der Waals surface area contributed by atoms with Gasteiger partial charge in [-0.05, 0) is 0 Å². The molecule has 1 heterocycles. The standard InChI is InChI=1S/C6H4Cl2N/c1-4-5(7)2-9-3-6(4)8/h2-3H,1H2/q+1. The summed E-state index contributed by atoms with van der Waals surface area (Å²) in [7, 11) is 0. The fourth-order valence-corrected chi connectivity index (χ4v) is 0.803. The highest BCUT2D eigenvalue weighted by atomic mass is 35.5. The van der Waals surface area contributed by atoms with Crippen LogP contribution in [0.25, 0.3) is 0 Å². The predicted octanol–water partition coefficient (Wildman–Crippen LogP) is 2.57. The Kier molecular flexibility index (Phi) is 1.84. The zero-order valence-electron chi connectivity index (χ0n) is 4.56. The molecule has 0 atom stereocenters. The fourth-order valence-electron chi connectivity index (χ4n) is 0.438. The third-order valence-corrected chi connectivity index (χ3v) is 1.60. The van der Waals surface area contributed by atoms with Gasteiger partial charge in [-0.25, -0.2) is 4.98 Å². The molecular weight excluding hydrogens is 157 g/mol. The highest BCUT2D eigenvalue weighted by Gasteiger charge is 2.08. The number of pyridine rings is 1. The molecule has 0 aromatic carbocycles. The maximum absolute atomic E-state index is 5.60. The van der Waals surface area contributed by atoms with E-state index in [1.54, 1.807) is 0 Å². The molecule has 1 rings (SSSR count). The Hall–Kier alpha value is -0.400. The maximum atomic E-state index is 5.60. The van der Waals surface area contributed by atoms with E-state index in [1.807, 2.05) is 0 Å². The summed E-state index contributed by atoms with van der Waals surface area (Å²) in [6.07, 6.45) is 3.02. The molecule has 0 spiro atoms. The lowest BCUT2D eigenvalue weighted by Crippen LogP contribution is -1.78. The summed E-state index contributed by atoms with van der Waals surface area (Å²) >= 11 is 11.2. The van der Waals surface area contributed by atoms with Gasteiger partial charge < -0.3 is 0 Å². The molecule has 0 N–H and O–H groups in total. The van der Waals surface area contributed by atoms with Crippen LogP contribution in [0.4, 0.5) is 0 Å². The van der Waals surface area contributed by atoms with E-state index in [9.17, 15) is 0 Å². The number of rotatable bonds is 0. The van der Waals surface area contributed by atoms with Gasteiger partial charge >= 0.3 is 0 Å². The van der Waals surface area contributed by atoms with Gasteiger partial charge in [-0.1, -0.05) is 0 Å². The van der Waals surface area contributed by atoms with Crippen molar-refractivity contribution in [3.8, 4) is 0 Å². The molecule has 0 radical (unpaired) electrons. The molecule has 0 saturated carbocycles. The Morgan fingerprint density at radius 2 is 1.67 bits per heavy atom. The minimum absolute atomic E-state index is 0.502. The lowest BCUT2D eigenvalue weighted by molar-refractivity contribution is 1.31. The summed E-state index contributed by atoms with van der Waals surface area (Å²) in [5.41, 5.74) is 0.633. The Morgan fingerprint density at radius 3 is 2.00 bits per heavy atom. The minimum atomic E-state index is 0.502. The quantitative estimate of drug-likeness (QED) is 0.532. The normalized spacial score (nSPS) is 9.56. The Bertz CT molecular complexity index is 202. The average Bonchev–Trinajstić information content (AvgIpc) is 1.83. The molecule has 0 aliphatic heterocycles. The van der Waals surface area contributed by atoms with Crippen LogP contribution < -0.4 is 0 Å². The lowest BCUT2D eigenvalue weighted by Gasteiger charge is -1.85. The average molecular weight is 161 g/mol. The van der Waals surface area contributed by atoms with Gasteiger partial charge in [0.1, 0.15) is 12.4 Å². The second-order valence-electron chi connectivity index (χ2n) is 1.58. The van der Waals surface area contributed by atoms with Crippen LogP contribution in [0.15, 0.2) is 12.4 Å². The van der Waals surface area contributed by atoms with E-state index >= 15 is 0 Å². The van der Waals surface area contributed by atoms with Crippen LogP contribution in [0.1, 0.15) is 5.56 Å². The van der Waals surface area contributed by atoms with Crippen LogP contribution in [-0.4, -0.2) is 4.98 Å². The molecule has 0 aliphatic rings. The first kappa shape index (κ1) is 6.72. The van der Waals surface area contributed by atoms with Crippen molar-refractivity contribution in [2.75, 3.05) is 0 Å². The number of hydrogen-bond donors (Lipinski definition) is 0. The smallest absolute Gasteiger partial charge is 0.173 e. The van der Waals surface area contributed by atoms with Crippen molar-refractivity contribution in [3.05, 3.63) is 34.9 Å². The van der Waals surface area contributed by atoms with Gasteiger partial charge in [-0.15, -0.1) is 0 Å². The van der Waals surface area contributed by atoms with Crippen LogP contribution >= 0.6 is 23.2 Å². The molecular formula is C6H4Cl2N+. The van der Waals surface area contributed by atoms with Crippen LogP contribution in [0.3, 0.4) is 0 Å². The Labute approximate surface area is 63.6 Å². The molecule has 9 heavy (non-hydrogen) atoms. The van der Waals surface area contributed by atoms with E-state index in [2.05, 4.69) is 11.9 Å². The van der Waals surface area contributed by atoms with Gasteiger partial charge in [0, 0.05) is 30.1 Å². The van der Waals surface area contributed by atoms with E-state index in [1.165, 1.54) is 12.4 Å². The van der Waals surface area contributed by atoms with E-state index < -0.39 is 0 Å². The van der Waals surface area contributed by atoms with Crippen LogP contribution in [0, 0.1) is 6.92 Å². The van der Waals surface area contributed by atoms with Crippen molar-refractivity contribution in [3.63, 3.8) is 0 Å². The molecule has 0 amide bonds. The first-order valence-corrected chi connectivity index (χ1v) is 3.08. The number of aromatic nitrogens is 1. The third-order valence-electron chi connectivity index (χ3n) is 0.952. The molecule has 1 aromatic rings. The van der Waals surface area contributed by atoms with E-state index in [0.717, 1.165) is 0 Å². The van der Waals surface area contributed by atoms with E-state index in [0.29, 0.717) is 15.6 Å². The molecule has 3 heteroatoms. The fraction of sp³-hybridized carbons (Fsp3) is 0. The van der Waals surface area contributed by atoms with Crippen LogP contribution in [0.5, 0.6) is 0 Å². The summed E-state index contributed by atoms with van der Waals surface area (Å²) in [5.74, 6) is 0. The predicted molar refractivity (Wildman–Crippen MR) is 38.7 cm³/mol. The van der Waals surface area contributed by atoms with Crippen molar-refractivity contribution in [1.29, 1.82) is 0 Å². The second kappa shape index (κ2) is 2.46. The molecule has 0 bridgehead atoms. The zero-order valence-corrected chi connectivity index (χ0v) is 6.08. The van der Waals surface area contributed by atoms with E-state index in [-0.39, 0.29) is 0 Å². The van der Waals surface area contributed by atoms with Gasteiger partial charge in [0.2, 0.25) is 0 Å². The van der Waals surface area contributed by atoms with Crippen molar-refractivity contribution in [1.82, 2.24) is 4.98 Å². The molecule has 0 unspecified atom stereocenters. The van der Waals surface area contributed by atoms with Gasteiger partial charge in [0.25, 0.3) is 0 Å². The van der Waals surface area contributed by atoms with Gasteiger partial charge in [0.05, 0.1) is 0 Å². The third kappa shape index (κ3) is 1.29. The summed E-state index contributed by atoms with van der Waals surface area (Å²) in [5, 5.41) is 1.00. The van der Waals surface area contributed by atoms with Gasteiger partial charge in [-0.3, -0.25) is 0 Å². The first-order chi connectivity index (χ1) is 4.22. The van der Waals surface area contributed by atoms with Gasteiger partial charge in [-0.2, -0.15) is 0 Å².